The average Bonchev–Trinajstić information content (AvgIpc) is 2.49. The predicted molar refractivity (Wildman–Crippen MR) is 76.3 cm³/mol. The summed E-state index contributed by atoms with van der Waals surface area (Å²) in [5, 5.41) is 9.64. The van der Waals surface area contributed by atoms with Gasteiger partial charge in [0, 0.05) is 6.07 Å². The molecule has 21 heavy (non-hydrogen) atoms. The number of sulfonamides is 1. The Labute approximate surface area is 122 Å². The van der Waals surface area contributed by atoms with E-state index in [1.165, 1.54) is 24.3 Å². The Morgan fingerprint density at radius 3 is 2.48 bits per heavy atom. The Kier molecular flexibility index (Phi) is 3.34. The van der Waals surface area contributed by atoms with Crippen LogP contribution in [-0.2, 0) is 10.0 Å². The molecule has 0 radical (unpaired) electrons. The van der Waals surface area contributed by atoms with E-state index in [1.54, 1.807) is 18.2 Å². The SMILES string of the molecule is O=S(=O)(Nc1ccccc1O)c1ccc2c(c1)OCCO2. The van der Waals surface area contributed by atoms with Crippen molar-refractivity contribution in [1.29, 1.82) is 0 Å². The molecule has 0 amide bonds. The molecular weight excluding hydrogens is 294 g/mol. The molecule has 0 saturated carbocycles. The van der Waals surface area contributed by atoms with Gasteiger partial charge in [-0.15, -0.1) is 0 Å². The molecule has 7 heteroatoms. The van der Waals surface area contributed by atoms with Gasteiger partial charge in [0.2, 0.25) is 0 Å². The summed E-state index contributed by atoms with van der Waals surface area (Å²) in [4.78, 5) is 0.0370. The highest BCUT2D eigenvalue weighted by atomic mass is 32.2. The van der Waals surface area contributed by atoms with Gasteiger partial charge in [-0.25, -0.2) is 8.42 Å². The largest absolute Gasteiger partial charge is 0.506 e. The van der Waals surface area contributed by atoms with E-state index in [-0.39, 0.29) is 16.3 Å². The highest BCUT2D eigenvalue weighted by Gasteiger charge is 2.20. The summed E-state index contributed by atoms with van der Waals surface area (Å²) in [6.45, 7) is 0.818. The smallest absolute Gasteiger partial charge is 0.262 e. The van der Waals surface area contributed by atoms with Crippen LogP contribution in [0, 0.1) is 0 Å². The van der Waals surface area contributed by atoms with E-state index in [1.807, 2.05) is 0 Å². The molecule has 1 aliphatic rings. The Balaban J connectivity index is 1.93. The number of aromatic hydroxyl groups is 1. The molecule has 2 aromatic rings. The van der Waals surface area contributed by atoms with Gasteiger partial charge in [0.25, 0.3) is 10.0 Å². The molecule has 0 fully saturated rings. The van der Waals surface area contributed by atoms with E-state index < -0.39 is 10.0 Å². The van der Waals surface area contributed by atoms with E-state index in [0.717, 1.165) is 0 Å². The lowest BCUT2D eigenvalue weighted by Crippen LogP contribution is -2.17. The van der Waals surface area contributed by atoms with Crippen LogP contribution in [0.5, 0.6) is 17.2 Å². The molecule has 2 aromatic carbocycles. The number of phenolic OH excluding ortho intramolecular Hbond substituents is 1. The van der Waals surface area contributed by atoms with Crippen LogP contribution >= 0.6 is 0 Å². The van der Waals surface area contributed by atoms with Gasteiger partial charge < -0.3 is 14.6 Å². The molecular formula is C14H13NO5S. The van der Waals surface area contributed by atoms with E-state index in [4.69, 9.17) is 9.47 Å². The number of hydrogen-bond acceptors (Lipinski definition) is 5. The summed E-state index contributed by atoms with van der Waals surface area (Å²) >= 11 is 0. The normalized spacial score (nSPS) is 13.7. The third kappa shape index (κ3) is 2.73. The molecule has 1 heterocycles. The van der Waals surface area contributed by atoms with Gasteiger partial charge in [0.05, 0.1) is 10.6 Å². The van der Waals surface area contributed by atoms with Crippen molar-refractivity contribution in [2.24, 2.45) is 0 Å². The number of para-hydroxylation sites is 2. The summed E-state index contributed by atoms with van der Waals surface area (Å²) < 4.78 is 37.7. The van der Waals surface area contributed by atoms with E-state index in [0.29, 0.717) is 24.7 Å². The van der Waals surface area contributed by atoms with Crippen LogP contribution in [-0.4, -0.2) is 26.7 Å². The maximum atomic E-state index is 12.3. The zero-order valence-electron chi connectivity index (χ0n) is 10.9. The quantitative estimate of drug-likeness (QED) is 0.847. The van der Waals surface area contributed by atoms with Crippen LogP contribution < -0.4 is 14.2 Å². The fourth-order valence-electron chi connectivity index (χ4n) is 1.95. The second kappa shape index (κ2) is 5.17. The van der Waals surface area contributed by atoms with Crippen LogP contribution in [0.1, 0.15) is 0 Å². The second-order valence-electron chi connectivity index (χ2n) is 4.43. The molecule has 0 aliphatic carbocycles. The van der Waals surface area contributed by atoms with Crippen molar-refractivity contribution in [2.75, 3.05) is 17.9 Å². The zero-order valence-corrected chi connectivity index (χ0v) is 11.8. The van der Waals surface area contributed by atoms with Gasteiger partial charge in [0.1, 0.15) is 19.0 Å². The lowest BCUT2D eigenvalue weighted by molar-refractivity contribution is 0.171. The van der Waals surface area contributed by atoms with Crippen molar-refractivity contribution in [3.05, 3.63) is 42.5 Å². The number of rotatable bonds is 3. The summed E-state index contributed by atoms with van der Waals surface area (Å²) in [6.07, 6.45) is 0. The molecule has 0 bridgehead atoms. The van der Waals surface area contributed by atoms with E-state index in [2.05, 4.69) is 4.72 Å². The number of ether oxygens (including phenoxy) is 2. The van der Waals surface area contributed by atoms with Crippen molar-refractivity contribution in [3.63, 3.8) is 0 Å². The maximum absolute atomic E-state index is 12.3. The van der Waals surface area contributed by atoms with Crippen molar-refractivity contribution in [3.8, 4) is 17.2 Å². The standard InChI is InChI=1S/C14H13NO5S/c16-12-4-2-1-3-11(12)15-21(17,18)10-5-6-13-14(9-10)20-8-7-19-13/h1-6,9,15-16H,7-8H2. The molecule has 2 N–H and O–H groups in total. The minimum absolute atomic E-state index is 0.0370. The molecule has 0 aromatic heterocycles. The molecule has 1 aliphatic heterocycles. The Morgan fingerprint density at radius 2 is 1.71 bits per heavy atom. The Morgan fingerprint density at radius 1 is 1.00 bits per heavy atom. The van der Waals surface area contributed by atoms with Crippen LogP contribution in [0.4, 0.5) is 5.69 Å². The number of anilines is 1. The predicted octanol–water partition coefficient (Wildman–Crippen LogP) is 1.96. The van der Waals surface area contributed by atoms with E-state index >= 15 is 0 Å². The van der Waals surface area contributed by atoms with Gasteiger partial charge in [-0.05, 0) is 24.3 Å². The Bertz CT molecular complexity index is 773. The molecule has 3 rings (SSSR count). The third-order valence-electron chi connectivity index (χ3n) is 2.97. The van der Waals surface area contributed by atoms with Crippen molar-refractivity contribution < 1.29 is 23.0 Å². The number of benzene rings is 2. The van der Waals surface area contributed by atoms with Gasteiger partial charge in [-0.3, -0.25) is 4.72 Å². The molecule has 6 nitrogen and oxygen atoms in total. The fourth-order valence-corrected chi connectivity index (χ4v) is 3.04. The topological polar surface area (TPSA) is 84.9 Å². The van der Waals surface area contributed by atoms with Crippen LogP contribution in [0.3, 0.4) is 0 Å². The van der Waals surface area contributed by atoms with Crippen molar-refractivity contribution in [2.45, 2.75) is 4.90 Å². The minimum Gasteiger partial charge on any atom is -0.506 e. The maximum Gasteiger partial charge on any atom is 0.262 e. The minimum atomic E-state index is -3.81. The molecule has 0 saturated heterocycles. The molecule has 0 unspecified atom stereocenters. The number of fused-ring (bicyclic) bond motifs is 1. The van der Waals surface area contributed by atoms with E-state index in [9.17, 15) is 13.5 Å². The molecule has 110 valence electrons. The lowest BCUT2D eigenvalue weighted by atomic mass is 10.3. The first-order valence-electron chi connectivity index (χ1n) is 6.27. The first-order chi connectivity index (χ1) is 10.1. The van der Waals surface area contributed by atoms with Gasteiger partial charge in [-0.1, -0.05) is 12.1 Å². The average molecular weight is 307 g/mol. The fraction of sp³-hybridized carbons (Fsp3) is 0.143. The second-order valence-corrected chi connectivity index (χ2v) is 6.11. The van der Waals surface area contributed by atoms with Gasteiger partial charge in [0.15, 0.2) is 11.5 Å². The Hall–Kier alpha value is -2.41. The van der Waals surface area contributed by atoms with Crippen LogP contribution in [0.25, 0.3) is 0 Å². The molecule has 0 spiro atoms. The molecule has 0 atom stereocenters. The summed E-state index contributed by atoms with van der Waals surface area (Å²) in [5.74, 6) is 0.766. The van der Waals surface area contributed by atoms with Crippen molar-refractivity contribution >= 4 is 15.7 Å². The summed E-state index contributed by atoms with van der Waals surface area (Å²) in [7, 11) is -3.81. The summed E-state index contributed by atoms with van der Waals surface area (Å²) in [6, 6.07) is 10.5. The van der Waals surface area contributed by atoms with Gasteiger partial charge >= 0.3 is 0 Å². The van der Waals surface area contributed by atoms with Gasteiger partial charge in [-0.2, -0.15) is 0 Å². The number of nitrogens with one attached hydrogen (secondary N) is 1. The number of phenols is 1. The highest BCUT2D eigenvalue weighted by Crippen LogP contribution is 2.33. The van der Waals surface area contributed by atoms with Crippen LogP contribution in [0.15, 0.2) is 47.4 Å². The monoisotopic (exact) mass is 307 g/mol. The first kappa shape index (κ1) is 13.6. The summed E-state index contributed by atoms with van der Waals surface area (Å²) in [5.41, 5.74) is 0.118. The van der Waals surface area contributed by atoms with Crippen molar-refractivity contribution in [1.82, 2.24) is 0 Å². The first-order valence-corrected chi connectivity index (χ1v) is 7.75. The van der Waals surface area contributed by atoms with Crippen LogP contribution in [0.2, 0.25) is 0 Å². The zero-order chi connectivity index (χ0) is 14.9. The highest BCUT2D eigenvalue weighted by molar-refractivity contribution is 7.92. The lowest BCUT2D eigenvalue weighted by Gasteiger charge is -2.19. The number of hydrogen-bond donors (Lipinski definition) is 2. The third-order valence-corrected chi connectivity index (χ3v) is 4.34.